The van der Waals surface area contributed by atoms with Crippen molar-refractivity contribution in [2.75, 3.05) is 5.32 Å². The van der Waals surface area contributed by atoms with Crippen molar-refractivity contribution in [2.24, 2.45) is 7.05 Å². The summed E-state index contributed by atoms with van der Waals surface area (Å²) in [5.41, 5.74) is 0.501. The lowest BCUT2D eigenvalue weighted by atomic mass is 10.0. The molecule has 0 saturated heterocycles. The minimum Gasteiger partial charge on any atom is -0.395 e. The normalized spacial score (nSPS) is 14.4. The predicted molar refractivity (Wildman–Crippen MR) is 111 cm³/mol. The molecule has 4 rings (SSSR count). The summed E-state index contributed by atoms with van der Waals surface area (Å²) in [5.74, 6) is -1.15. The van der Waals surface area contributed by atoms with Crippen molar-refractivity contribution in [3.63, 3.8) is 0 Å². The fourth-order valence-electron chi connectivity index (χ4n) is 3.53. The molecule has 0 atom stereocenters. The highest BCUT2D eigenvalue weighted by molar-refractivity contribution is 6.34. The molecule has 0 aliphatic carbocycles. The van der Waals surface area contributed by atoms with E-state index in [1.54, 1.807) is 19.9 Å². The molecule has 1 amide bonds. The lowest BCUT2D eigenvalue weighted by Gasteiger charge is -2.13. The van der Waals surface area contributed by atoms with Gasteiger partial charge in [-0.2, -0.15) is 18.3 Å². The summed E-state index contributed by atoms with van der Waals surface area (Å²) in [5, 5.41) is 4.99. The van der Waals surface area contributed by atoms with Crippen LogP contribution in [0.2, 0.25) is 5.02 Å². The van der Waals surface area contributed by atoms with Gasteiger partial charge in [0.2, 0.25) is 0 Å². The van der Waals surface area contributed by atoms with Crippen molar-refractivity contribution in [3.05, 3.63) is 51.9 Å². The highest BCUT2D eigenvalue weighted by Crippen LogP contribution is 2.44. The van der Waals surface area contributed by atoms with E-state index >= 15 is 0 Å². The molecule has 1 aromatic carbocycles. The van der Waals surface area contributed by atoms with Crippen molar-refractivity contribution in [2.45, 2.75) is 32.7 Å². The number of pyridine rings is 1. The van der Waals surface area contributed by atoms with Crippen LogP contribution in [0.1, 0.15) is 34.2 Å². The van der Waals surface area contributed by atoms with E-state index in [9.17, 15) is 26.7 Å². The van der Waals surface area contributed by atoms with Crippen LogP contribution < -0.4 is 14.8 Å². The van der Waals surface area contributed by atoms with E-state index < -0.39 is 34.8 Å². The Morgan fingerprint density at radius 1 is 1.21 bits per heavy atom. The lowest BCUT2D eigenvalue weighted by Crippen LogP contribution is -2.25. The monoisotopic (exact) mass is 502 g/mol. The van der Waals surface area contributed by atoms with Gasteiger partial charge in [-0.1, -0.05) is 18.5 Å². The summed E-state index contributed by atoms with van der Waals surface area (Å²) in [6.45, 7) is 3.47. The molecule has 13 heteroatoms. The zero-order valence-electron chi connectivity index (χ0n) is 17.9. The molecule has 180 valence electrons. The van der Waals surface area contributed by atoms with E-state index in [0.29, 0.717) is 28.8 Å². The molecule has 34 heavy (non-hydrogen) atoms. The Labute approximate surface area is 194 Å². The van der Waals surface area contributed by atoms with Gasteiger partial charge in [0, 0.05) is 12.6 Å². The van der Waals surface area contributed by atoms with Crippen molar-refractivity contribution in [1.82, 2.24) is 14.8 Å². The van der Waals surface area contributed by atoms with Crippen LogP contribution in [0.3, 0.4) is 0 Å². The number of nitrogens with one attached hydrogen (secondary N) is 1. The number of fused-ring (bicyclic) bond motifs is 1. The second-order valence-electron chi connectivity index (χ2n) is 7.45. The third-order valence-corrected chi connectivity index (χ3v) is 5.47. The number of nitrogens with zero attached hydrogens (tertiary/aromatic N) is 3. The van der Waals surface area contributed by atoms with Crippen LogP contribution in [0, 0.1) is 6.92 Å². The topological polar surface area (TPSA) is 78.3 Å². The quantitative estimate of drug-likeness (QED) is 0.470. The van der Waals surface area contributed by atoms with E-state index in [4.69, 9.17) is 11.6 Å². The number of hydrogen-bond acceptors (Lipinski definition) is 5. The summed E-state index contributed by atoms with van der Waals surface area (Å²) >= 11 is 5.78. The molecule has 1 aliphatic rings. The largest absolute Gasteiger partial charge is 0.586 e. The Bertz CT molecular complexity index is 1310. The minimum absolute atomic E-state index is 0.0999. The number of benzene rings is 1. The molecule has 3 aromatic rings. The second kappa shape index (κ2) is 8.12. The molecular formula is C21H16ClF5N4O3. The number of aromatic nitrogens is 3. The Morgan fingerprint density at radius 3 is 2.44 bits per heavy atom. The van der Waals surface area contributed by atoms with Gasteiger partial charge in [0.25, 0.3) is 5.91 Å². The maximum absolute atomic E-state index is 13.4. The number of halogens is 6. The van der Waals surface area contributed by atoms with Crippen LogP contribution in [-0.4, -0.2) is 27.0 Å². The molecular weight excluding hydrogens is 487 g/mol. The number of aryl methyl sites for hydroxylation is 3. The number of rotatable bonds is 4. The first-order valence-corrected chi connectivity index (χ1v) is 10.2. The molecule has 3 heterocycles. The smallest absolute Gasteiger partial charge is 0.395 e. The van der Waals surface area contributed by atoms with E-state index in [1.807, 2.05) is 0 Å². The van der Waals surface area contributed by atoms with Gasteiger partial charge < -0.3 is 14.8 Å². The Kier molecular flexibility index (Phi) is 5.67. The van der Waals surface area contributed by atoms with Gasteiger partial charge in [-0.15, -0.1) is 8.78 Å². The van der Waals surface area contributed by atoms with Gasteiger partial charge in [-0.3, -0.25) is 14.5 Å². The third kappa shape index (κ3) is 4.25. The first-order chi connectivity index (χ1) is 15.8. The third-order valence-electron chi connectivity index (χ3n) is 5.12. The molecule has 1 N–H and O–H groups in total. The average Bonchev–Trinajstić information content (AvgIpc) is 3.20. The molecule has 0 bridgehead atoms. The number of carbonyl (C=O) groups is 1. The number of ether oxygens (including phenoxy) is 2. The first kappa shape index (κ1) is 23.7. The minimum atomic E-state index is -4.82. The van der Waals surface area contributed by atoms with Gasteiger partial charge in [0.15, 0.2) is 17.2 Å². The number of hydrogen-bond donors (Lipinski definition) is 1. The Balaban J connectivity index is 1.65. The standard InChI is InChI=1S/C21H16ClF5N4O3/c1-4-10-6-12(11-7-15-14(5-9(11)2)33-21(26,27)34-15)28-8-13(10)29-19(32)17-16(22)18(20(23,24)25)30-31(17)3/h5-8H,4H2,1-3H3,(H,29,32). The fourth-order valence-corrected chi connectivity index (χ4v) is 3.88. The summed E-state index contributed by atoms with van der Waals surface area (Å²) < 4.78 is 75.6. The van der Waals surface area contributed by atoms with Crippen LogP contribution in [-0.2, 0) is 19.6 Å². The van der Waals surface area contributed by atoms with Crippen LogP contribution in [0.5, 0.6) is 11.5 Å². The number of alkyl halides is 5. The van der Waals surface area contributed by atoms with Crippen molar-refractivity contribution in [3.8, 4) is 22.8 Å². The van der Waals surface area contributed by atoms with Crippen LogP contribution >= 0.6 is 11.6 Å². The van der Waals surface area contributed by atoms with Crippen LogP contribution in [0.25, 0.3) is 11.3 Å². The van der Waals surface area contributed by atoms with Crippen molar-refractivity contribution >= 4 is 23.2 Å². The molecule has 0 saturated carbocycles. The molecule has 1 aliphatic heterocycles. The Morgan fingerprint density at radius 2 is 1.85 bits per heavy atom. The highest BCUT2D eigenvalue weighted by Gasteiger charge is 2.44. The maximum atomic E-state index is 13.4. The molecule has 0 unspecified atom stereocenters. The predicted octanol–water partition coefficient (Wildman–Crippen LogP) is 5.60. The molecule has 0 radical (unpaired) electrons. The maximum Gasteiger partial charge on any atom is 0.586 e. The molecule has 7 nitrogen and oxygen atoms in total. The Hall–Kier alpha value is -3.41. The molecule has 2 aromatic heterocycles. The van der Waals surface area contributed by atoms with Gasteiger partial charge >= 0.3 is 12.5 Å². The van der Waals surface area contributed by atoms with Gasteiger partial charge in [0.05, 0.1) is 17.6 Å². The van der Waals surface area contributed by atoms with Crippen LogP contribution in [0.4, 0.5) is 27.6 Å². The van der Waals surface area contributed by atoms with Crippen molar-refractivity contribution in [1.29, 1.82) is 0 Å². The summed E-state index contributed by atoms with van der Waals surface area (Å²) in [7, 11) is 1.17. The zero-order chi connectivity index (χ0) is 25.0. The SMILES string of the molecule is CCc1cc(-c2cc3c(cc2C)OC(F)(F)O3)ncc1NC(=O)c1c(Cl)c(C(F)(F)F)nn1C. The second-order valence-corrected chi connectivity index (χ2v) is 7.83. The van der Waals surface area contributed by atoms with E-state index in [1.165, 1.54) is 25.4 Å². The van der Waals surface area contributed by atoms with E-state index in [2.05, 4.69) is 24.9 Å². The number of amides is 1. The van der Waals surface area contributed by atoms with E-state index in [-0.39, 0.29) is 17.2 Å². The van der Waals surface area contributed by atoms with Gasteiger partial charge in [0.1, 0.15) is 10.7 Å². The molecule has 0 fully saturated rings. The number of anilines is 1. The summed E-state index contributed by atoms with van der Waals surface area (Å²) in [6.07, 6.45) is -6.85. The highest BCUT2D eigenvalue weighted by atomic mass is 35.5. The van der Waals surface area contributed by atoms with E-state index in [0.717, 1.165) is 4.68 Å². The van der Waals surface area contributed by atoms with Crippen LogP contribution in [0.15, 0.2) is 24.4 Å². The fraction of sp³-hybridized carbons (Fsp3) is 0.286. The van der Waals surface area contributed by atoms with Gasteiger partial charge in [-0.05, 0) is 42.7 Å². The average molecular weight is 503 g/mol. The summed E-state index contributed by atoms with van der Waals surface area (Å²) in [4.78, 5) is 17.0. The zero-order valence-corrected chi connectivity index (χ0v) is 18.6. The lowest BCUT2D eigenvalue weighted by molar-refractivity contribution is -0.286. The molecule has 0 spiro atoms. The number of carbonyl (C=O) groups excluding carboxylic acids is 1. The van der Waals surface area contributed by atoms with Gasteiger partial charge in [-0.25, -0.2) is 0 Å². The summed E-state index contributed by atoms with van der Waals surface area (Å²) in [6, 6.07) is 4.40. The first-order valence-electron chi connectivity index (χ1n) is 9.81. The van der Waals surface area contributed by atoms with Crippen molar-refractivity contribution < 1.29 is 36.2 Å².